The van der Waals surface area contributed by atoms with E-state index >= 15 is 0 Å². The zero-order chi connectivity index (χ0) is 22.9. The van der Waals surface area contributed by atoms with E-state index < -0.39 is 16.0 Å². The molecule has 32 heavy (non-hydrogen) atoms. The van der Waals surface area contributed by atoms with Crippen molar-refractivity contribution in [2.45, 2.75) is 16.2 Å². The fourth-order valence-electron chi connectivity index (χ4n) is 3.49. The van der Waals surface area contributed by atoms with E-state index in [-0.39, 0.29) is 11.4 Å². The maximum absolute atomic E-state index is 13.1. The first-order valence-corrected chi connectivity index (χ1v) is 12.5. The standard InChI is InChI=1S/C22H18Cl2N2O4S2/c23-16-11-17(24)13-19(12-16)31-25(14-22(27)28)18-6-7-21-15(10-18)8-9-26(21)32(29,30)20-4-2-1-3-5-20/h1-7,10-13H,8-9,14H2,(H,27,28). The number of benzene rings is 3. The van der Waals surface area contributed by atoms with Gasteiger partial charge in [-0.05, 0) is 72.5 Å². The lowest BCUT2D eigenvalue weighted by Crippen LogP contribution is -2.29. The summed E-state index contributed by atoms with van der Waals surface area (Å²) < 4.78 is 29.2. The fraction of sp³-hybridized carbons (Fsp3) is 0.136. The van der Waals surface area contributed by atoms with Crippen molar-refractivity contribution in [3.63, 3.8) is 0 Å². The number of anilines is 2. The second-order valence-electron chi connectivity index (χ2n) is 7.08. The maximum atomic E-state index is 13.1. The van der Waals surface area contributed by atoms with E-state index in [9.17, 15) is 18.3 Å². The molecule has 3 aromatic carbocycles. The molecule has 0 unspecified atom stereocenters. The van der Waals surface area contributed by atoms with Crippen molar-refractivity contribution >= 4 is 62.5 Å². The Hall–Kier alpha value is -2.39. The molecule has 0 saturated heterocycles. The maximum Gasteiger partial charge on any atom is 0.324 e. The third-order valence-corrected chi connectivity index (χ3v) is 8.14. The highest BCUT2D eigenvalue weighted by Gasteiger charge is 2.31. The van der Waals surface area contributed by atoms with Crippen LogP contribution < -0.4 is 8.61 Å². The average Bonchev–Trinajstić information content (AvgIpc) is 3.17. The predicted octanol–water partition coefficient (Wildman–Crippen LogP) is 5.34. The van der Waals surface area contributed by atoms with Crippen molar-refractivity contribution < 1.29 is 18.3 Å². The number of aliphatic carboxylic acids is 1. The van der Waals surface area contributed by atoms with Gasteiger partial charge in [-0.2, -0.15) is 0 Å². The summed E-state index contributed by atoms with van der Waals surface area (Å²) in [4.78, 5) is 12.4. The van der Waals surface area contributed by atoms with Crippen LogP contribution in [0.5, 0.6) is 0 Å². The van der Waals surface area contributed by atoms with Gasteiger partial charge >= 0.3 is 5.97 Å². The molecule has 166 valence electrons. The number of hydrogen-bond donors (Lipinski definition) is 1. The molecule has 4 rings (SSSR count). The Morgan fingerprint density at radius 1 is 1.03 bits per heavy atom. The van der Waals surface area contributed by atoms with E-state index in [0.29, 0.717) is 39.3 Å². The SMILES string of the molecule is O=C(O)CN(Sc1cc(Cl)cc(Cl)c1)c1ccc2c(c1)CCN2S(=O)(=O)c1ccccc1. The highest BCUT2D eigenvalue weighted by atomic mass is 35.5. The van der Waals surface area contributed by atoms with Crippen LogP contribution >= 0.6 is 35.1 Å². The van der Waals surface area contributed by atoms with Crippen LogP contribution in [0.1, 0.15) is 5.56 Å². The number of carboxylic acid groups (broad SMARTS) is 1. The molecule has 1 N–H and O–H groups in total. The quantitative estimate of drug-likeness (QED) is 0.433. The number of halogens is 2. The van der Waals surface area contributed by atoms with E-state index in [1.807, 2.05) is 6.07 Å². The van der Waals surface area contributed by atoms with Crippen LogP contribution in [-0.4, -0.2) is 32.6 Å². The van der Waals surface area contributed by atoms with Gasteiger partial charge in [-0.25, -0.2) is 8.42 Å². The van der Waals surface area contributed by atoms with E-state index in [2.05, 4.69) is 0 Å². The lowest BCUT2D eigenvalue weighted by Gasteiger charge is -2.23. The molecule has 0 amide bonds. The normalized spacial score (nSPS) is 13.1. The lowest BCUT2D eigenvalue weighted by molar-refractivity contribution is -0.135. The molecule has 1 heterocycles. The average molecular weight is 509 g/mol. The van der Waals surface area contributed by atoms with Gasteiger partial charge in [-0.1, -0.05) is 41.4 Å². The smallest absolute Gasteiger partial charge is 0.324 e. The highest BCUT2D eigenvalue weighted by Crippen LogP contribution is 2.38. The Kier molecular flexibility index (Phi) is 6.57. The van der Waals surface area contributed by atoms with Gasteiger partial charge in [0.1, 0.15) is 6.54 Å². The van der Waals surface area contributed by atoms with E-state index in [1.54, 1.807) is 65.0 Å². The molecule has 0 spiro atoms. The summed E-state index contributed by atoms with van der Waals surface area (Å²) in [6.45, 7) is 0.0611. The van der Waals surface area contributed by atoms with Gasteiger partial charge in [0.25, 0.3) is 10.0 Å². The first kappa shape index (κ1) is 22.8. The first-order valence-electron chi connectivity index (χ1n) is 9.58. The van der Waals surface area contributed by atoms with Crippen molar-refractivity contribution in [1.82, 2.24) is 0 Å². The Morgan fingerprint density at radius 2 is 1.72 bits per heavy atom. The van der Waals surface area contributed by atoms with E-state index in [4.69, 9.17) is 23.2 Å². The summed E-state index contributed by atoms with van der Waals surface area (Å²) in [6.07, 6.45) is 0.532. The van der Waals surface area contributed by atoms with Crippen LogP contribution in [0.3, 0.4) is 0 Å². The number of rotatable bonds is 7. The van der Waals surface area contributed by atoms with Crippen LogP contribution in [0.2, 0.25) is 10.0 Å². The molecular formula is C22H18Cl2N2O4S2. The largest absolute Gasteiger partial charge is 0.480 e. The first-order chi connectivity index (χ1) is 15.2. The van der Waals surface area contributed by atoms with Crippen LogP contribution in [0, 0.1) is 0 Å². The molecule has 0 aliphatic carbocycles. The summed E-state index contributed by atoms with van der Waals surface area (Å²) in [5.41, 5.74) is 2.08. The van der Waals surface area contributed by atoms with Gasteiger partial charge < -0.3 is 9.41 Å². The molecule has 6 nitrogen and oxygen atoms in total. The number of carboxylic acids is 1. The van der Waals surface area contributed by atoms with Gasteiger partial charge in [0.15, 0.2) is 0 Å². The van der Waals surface area contributed by atoms with Crippen molar-refractivity contribution in [1.29, 1.82) is 0 Å². The van der Waals surface area contributed by atoms with Crippen LogP contribution in [-0.2, 0) is 21.2 Å². The lowest BCUT2D eigenvalue weighted by atomic mass is 10.1. The summed E-state index contributed by atoms with van der Waals surface area (Å²) >= 11 is 13.4. The third-order valence-electron chi connectivity index (χ3n) is 4.87. The zero-order valence-corrected chi connectivity index (χ0v) is 19.8. The number of nitrogens with zero attached hydrogens (tertiary/aromatic N) is 2. The third kappa shape index (κ3) is 4.83. The van der Waals surface area contributed by atoms with E-state index in [1.165, 1.54) is 16.3 Å². The van der Waals surface area contributed by atoms with Crippen molar-refractivity contribution in [3.05, 3.63) is 82.3 Å². The second-order valence-corrected chi connectivity index (χ2v) is 10.9. The minimum atomic E-state index is -3.67. The zero-order valence-electron chi connectivity index (χ0n) is 16.6. The summed E-state index contributed by atoms with van der Waals surface area (Å²) in [5, 5.41) is 10.3. The minimum absolute atomic E-state index is 0.234. The highest BCUT2D eigenvalue weighted by molar-refractivity contribution is 8.00. The Balaban J connectivity index is 1.65. The summed E-state index contributed by atoms with van der Waals surface area (Å²) in [5.74, 6) is -1.00. The van der Waals surface area contributed by atoms with Crippen LogP contribution in [0.4, 0.5) is 11.4 Å². The molecule has 3 aromatic rings. The summed E-state index contributed by atoms with van der Waals surface area (Å²) in [7, 11) is -3.67. The number of fused-ring (bicyclic) bond motifs is 1. The molecule has 10 heteroatoms. The van der Waals surface area contributed by atoms with E-state index in [0.717, 1.165) is 5.56 Å². The molecule has 0 aromatic heterocycles. The number of sulfonamides is 1. The van der Waals surface area contributed by atoms with Gasteiger partial charge in [0.2, 0.25) is 0 Å². The van der Waals surface area contributed by atoms with Crippen LogP contribution in [0.15, 0.2) is 76.5 Å². The second kappa shape index (κ2) is 9.23. The minimum Gasteiger partial charge on any atom is -0.480 e. The fourth-order valence-corrected chi connectivity index (χ4v) is 6.68. The molecule has 1 aliphatic heterocycles. The van der Waals surface area contributed by atoms with Crippen LogP contribution in [0.25, 0.3) is 0 Å². The predicted molar refractivity (Wildman–Crippen MR) is 128 cm³/mol. The summed E-state index contributed by atoms with van der Waals surface area (Å²) in [6, 6.07) is 18.6. The molecule has 0 saturated carbocycles. The monoisotopic (exact) mass is 508 g/mol. The van der Waals surface area contributed by atoms with Gasteiger partial charge in [-0.3, -0.25) is 9.10 Å². The molecule has 0 radical (unpaired) electrons. The molecule has 1 aliphatic rings. The Morgan fingerprint density at radius 3 is 2.38 bits per heavy atom. The Labute approximate surface area is 200 Å². The molecule has 0 fully saturated rings. The van der Waals surface area contributed by atoms with Crippen molar-refractivity contribution in [2.24, 2.45) is 0 Å². The topological polar surface area (TPSA) is 77.9 Å². The van der Waals surface area contributed by atoms with Gasteiger partial charge in [-0.15, -0.1) is 0 Å². The number of carbonyl (C=O) groups is 1. The van der Waals surface area contributed by atoms with Crippen molar-refractivity contribution in [3.8, 4) is 0 Å². The molecular weight excluding hydrogens is 491 g/mol. The molecule has 0 atom stereocenters. The Bertz CT molecular complexity index is 1250. The van der Waals surface area contributed by atoms with Gasteiger partial charge in [0, 0.05) is 27.2 Å². The molecule has 0 bridgehead atoms. The van der Waals surface area contributed by atoms with Crippen molar-refractivity contribution in [2.75, 3.05) is 21.7 Å². The number of hydrogen-bond acceptors (Lipinski definition) is 5. The van der Waals surface area contributed by atoms with Gasteiger partial charge in [0.05, 0.1) is 10.6 Å².